The summed E-state index contributed by atoms with van der Waals surface area (Å²) in [6.45, 7) is 5.81. The first-order valence-electron chi connectivity index (χ1n) is 9.03. The quantitative estimate of drug-likeness (QED) is 0.764. The van der Waals surface area contributed by atoms with Gasteiger partial charge in [0.1, 0.15) is 10.7 Å². The van der Waals surface area contributed by atoms with Gasteiger partial charge in [-0.05, 0) is 37.7 Å². The van der Waals surface area contributed by atoms with E-state index in [1.165, 1.54) is 22.2 Å². The molecule has 5 nitrogen and oxygen atoms in total. The Bertz CT molecular complexity index is 806. The number of amides is 1. The zero-order valence-electron chi connectivity index (χ0n) is 14.9. The van der Waals surface area contributed by atoms with Crippen LogP contribution in [0.4, 0.5) is 0 Å². The first-order chi connectivity index (χ1) is 12.1. The number of aromatic amines is 1. The van der Waals surface area contributed by atoms with Gasteiger partial charge in [0.25, 0.3) is 5.56 Å². The summed E-state index contributed by atoms with van der Waals surface area (Å²) >= 11 is 3.18. The van der Waals surface area contributed by atoms with Gasteiger partial charge in [0.05, 0.1) is 16.9 Å². The first-order valence-corrected chi connectivity index (χ1v) is 11.0. The number of hydrogen-bond donors (Lipinski definition) is 1. The number of hydrogen-bond acceptors (Lipinski definition) is 5. The molecule has 0 unspecified atom stereocenters. The van der Waals surface area contributed by atoms with Gasteiger partial charge in [-0.25, -0.2) is 4.98 Å². The molecule has 7 heteroatoms. The molecule has 0 spiro atoms. The van der Waals surface area contributed by atoms with Crippen LogP contribution in [0.3, 0.4) is 0 Å². The molecule has 1 aliphatic rings. The van der Waals surface area contributed by atoms with Gasteiger partial charge in [0.15, 0.2) is 0 Å². The number of nitrogens with zero attached hydrogens (tertiary/aromatic N) is 2. The van der Waals surface area contributed by atoms with E-state index in [2.05, 4.69) is 23.8 Å². The third-order valence-corrected chi connectivity index (χ3v) is 6.54. The summed E-state index contributed by atoms with van der Waals surface area (Å²) in [5, 5.41) is 0.791. The van der Waals surface area contributed by atoms with Crippen molar-refractivity contribution in [2.75, 3.05) is 18.8 Å². The van der Waals surface area contributed by atoms with Crippen molar-refractivity contribution in [2.45, 2.75) is 51.7 Å². The van der Waals surface area contributed by atoms with Gasteiger partial charge >= 0.3 is 0 Å². The number of fused-ring (bicyclic) bond motifs is 3. The van der Waals surface area contributed by atoms with E-state index in [9.17, 15) is 9.59 Å². The Morgan fingerprint density at radius 1 is 1.28 bits per heavy atom. The lowest BCUT2D eigenvalue weighted by Gasteiger charge is -2.21. The maximum atomic E-state index is 12.4. The Balaban J connectivity index is 1.64. The number of thioether (sulfide) groups is 1. The molecule has 2 aromatic heterocycles. The van der Waals surface area contributed by atoms with E-state index < -0.39 is 0 Å². The summed E-state index contributed by atoms with van der Waals surface area (Å²) in [5.74, 6) is 1.84. The molecule has 0 saturated heterocycles. The number of carbonyl (C=O) groups excluding carboxylic acids is 1. The molecule has 0 fully saturated rings. The predicted octanol–water partition coefficient (Wildman–Crippen LogP) is 3.36. The van der Waals surface area contributed by atoms with E-state index in [0.717, 1.165) is 55.4 Å². The van der Waals surface area contributed by atoms with Crippen molar-refractivity contribution in [3.05, 3.63) is 26.6 Å². The molecule has 136 valence electrons. The van der Waals surface area contributed by atoms with Crippen molar-refractivity contribution in [3.63, 3.8) is 0 Å². The Labute approximate surface area is 156 Å². The summed E-state index contributed by atoms with van der Waals surface area (Å²) < 4.78 is 0. The van der Waals surface area contributed by atoms with Gasteiger partial charge in [0.2, 0.25) is 5.91 Å². The highest BCUT2D eigenvalue weighted by Gasteiger charge is 2.21. The number of H-pyrrole nitrogens is 1. The van der Waals surface area contributed by atoms with Crippen LogP contribution in [0.2, 0.25) is 0 Å². The van der Waals surface area contributed by atoms with Crippen LogP contribution in [0, 0.1) is 0 Å². The standard InChI is InChI=1S/C18H25N3O2S2/c1-3-8-21(9-4-2)15(22)11-24-10-14-19-17(23)16-12-6-5-7-13(12)25-18(16)20-14/h3-11H2,1-2H3,(H,19,20,23). The molecule has 0 saturated carbocycles. The Morgan fingerprint density at radius 2 is 2.04 bits per heavy atom. The minimum absolute atomic E-state index is 0.0232. The maximum absolute atomic E-state index is 12.4. The van der Waals surface area contributed by atoms with Crippen LogP contribution in [-0.2, 0) is 23.4 Å². The van der Waals surface area contributed by atoms with Gasteiger partial charge in [0, 0.05) is 18.0 Å². The summed E-state index contributed by atoms with van der Waals surface area (Å²) in [7, 11) is 0. The second-order valence-corrected chi connectivity index (χ2v) is 8.49. The van der Waals surface area contributed by atoms with Crippen molar-refractivity contribution in [1.29, 1.82) is 0 Å². The number of nitrogens with one attached hydrogen (secondary N) is 1. The highest BCUT2D eigenvalue weighted by atomic mass is 32.2. The first kappa shape index (κ1) is 18.5. The smallest absolute Gasteiger partial charge is 0.259 e. The van der Waals surface area contributed by atoms with Gasteiger partial charge < -0.3 is 9.88 Å². The molecule has 0 bridgehead atoms. The van der Waals surface area contributed by atoms with Crippen LogP contribution in [0.15, 0.2) is 4.79 Å². The molecule has 1 aliphatic carbocycles. The Hall–Kier alpha value is -1.34. The molecule has 0 aromatic carbocycles. The lowest BCUT2D eigenvalue weighted by atomic mass is 10.2. The minimum atomic E-state index is -0.0232. The molecule has 25 heavy (non-hydrogen) atoms. The van der Waals surface area contributed by atoms with Crippen LogP contribution in [-0.4, -0.2) is 39.6 Å². The van der Waals surface area contributed by atoms with Gasteiger partial charge in [-0.15, -0.1) is 23.1 Å². The monoisotopic (exact) mass is 379 g/mol. The van der Waals surface area contributed by atoms with Gasteiger partial charge in [-0.1, -0.05) is 13.8 Å². The number of thiophene rings is 1. The van der Waals surface area contributed by atoms with Crippen molar-refractivity contribution in [3.8, 4) is 0 Å². The van der Waals surface area contributed by atoms with Crippen LogP contribution in [0.1, 0.15) is 49.4 Å². The predicted molar refractivity (Wildman–Crippen MR) is 106 cm³/mol. The Morgan fingerprint density at radius 3 is 2.76 bits per heavy atom. The minimum Gasteiger partial charge on any atom is -0.342 e. The van der Waals surface area contributed by atoms with E-state index in [1.54, 1.807) is 11.3 Å². The SMILES string of the molecule is CCCN(CCC)C(=O)CSCc1nc2sc3c(c2c(=O)[nH]1)CCC3. The normalized spacial score (nSPS) is 13.4. The average Bonchev–Trinajstić information content (AvgIpc) is 3.15. The number of carbonyl (C=O) groups is 1. The number of aromatic nitrogens is 2. The highest BCUT2D eigenvalue weighted by Crippen LogP contribution is 2.34. The van der Waals surface area contributed by atoms with Crippen LogP contribution in [0.25, 0.3) is 10.2 Å². The third kappa shape index (κ3) is 4.08. The second kappa shape index (κ2) is 8.36. The average molecular weight is 380 g/mol. The molecule has 1 N–H and O–H groups in total. The fraction of sp³-hybridized carbons (Fsp3) is 0.611. The summed E-state index contributed by atoms with van der Waals surface area (Å²) in [6.07, 6.45) is 5.16. The molecule has 2 aromatic rings. The highest BCUT2D eigenvalue weighted by molar-refractivity contribution is 7.99. The van der Waals surface area contributed by atoms with Gasteiger partial charge in [-0.3, -0.25) is 9.59 Å². The topological polar surface area (TPSA) is 66.1 Å². The molecule has 1 amide bonds. The van der Waals surface area contributed by atoms with E-state index in [4.69, 9.17) is 0 Å². The van der Waals surface area contributed by atoms with Crippen molar-refractivity contribution >= 4 is 39.2 Å². The Kier molecular flexibility index (Phi) is 6.17. The summed E-state index contributed by atoms with van der Waals surface area (Å²) in [4.78, 5) is 36.4. The second-order valence-electron chi connectivity index (χ2n) is 6.42. The lowest BCUT2D eigenvalue weighted by Crippen LogP contribution is -2.33. The molecular weight excluding hydrogens is 354 g/mol. The summed E-state index contributed by atoms with van der Waals surface area (Å²) in [6, 6.07) is 0. The fourth-order valence-electron chi connectivity index (χ4n) is 3.34. The number of aryl methyl sites for hydroxylation is 2. The third-order valence-electron chi connectivity index (χ3n) is 4.43. The number of rotatable bonds is 8. The van der Waals surface area contributed by atoms with E-state index in [0.29, 0.717) is 17.3 Å². The van der Waals surface area contributed by atoms with E-state index in [-0.39, 0.29) is 11.5 Å². The van der Waals surface area contributed by atoms with E-state index in [1.807, 2.05) is 4.90 Å². The summed E-state index contributed by atoms with van der Waals surface area (Å²) in [5.41, 5.74) is 1.18. The molecule has 3 rings (SSSR count). The van der Waals surface area contributed by atoms with Crippen molar-refractivity contribution < 1.29 is 4.79 Å². The van der Waals surface area contributed by atoms with Gasteiger partial charge in [-0.2, -0.15) is 0 Å². The fourth-order valence-corrected chi connectivity index (χ4v) is 5.41. The maximum Gasteiger partial charge on any atom is 0.259 e. The van der Waals surface area contributed by atoms with Crippen LogP contribution >= 0.6 is 23.1 Å². The molecule has 0 atom stereocenters. The zero-order valence-corrected chi connectivity index (χ0v) is 16.5. The molecule has 0 radical (unpaired) electrons. The molecule has 0 aliphatic heterocycles. The zero-order chi connectivity index (χ0) is 17.8. The molecule has 2 heterocycles. The van der Waals surface area contributed by atoms with Crippen LogP contribution in [0.5, 0.6) is 0 Å². The lowest BCUT2D eigenvalue weighted by molar-refractivity contribution is -0.128. The molecular formula is C18H25N3O2S2. The van der Waals surface area contributed by atoms with Crippen LogP contribution < -0.4 is 5.56 Å². The largest absolute Gasteiger partial charge is 0.342 e. The van der Waals surface area contributed by atoms with E-state index >= 15 is 0 Å². The van der Waals surface area contributed by atoms with Crippen molar-refractivity contribution in [2.24, 2.45) is 0 Å². The van der Waals surface area contributed by atoms with Crippen molar-refractivity contribution in [1.82, 2.24) is 14.9 Å².